The number of aromatic nitrogens is 3. The number of hydrogen-bond acceptors (Lipinski definition) is 4. The van der Waals surface area contributed by atoms with Crippen molar-refractivity contribution in [3.8, 4) is 0 Å². The molecule has 0 bridgehead atoms. The molecule has 106 valence electrons. The van der Waals surface area contributed by atoms with Crippen molar-refractivity contribution in [1.29, 1.82) is 0 Å². The Morgan fingerprint density at radius 3 is 2.65 bits per heavy atom. The van der Waals surface area contributed by atoms with Gasteiger partial charge in [0.1, 0.15) is 5.82 Å². The second-order valence-corrected chi connectivity index (χ2v) is 6.04. The maximum atomic E-state index is 12.0. The molecule has 1 heterocycles. The zero-order valence-corrected chi connectivity index (χ0v) is 12.6. The van der Waals surface area contributed by atoms with Gasteiger partial charge in [-0.15, -0.1) is 11.8 Å². The summed E-state index contributed by atoms with van der Waals surface area (Å²) in [7, 11) is 0. The first kappa shape index (κ1) is 14.6. The van der Waals surface area contributed by atoms with Crippen molar-refractivity contribution in [3.05, 3.63) is 41.5 Å². The van der Waals surface area contributed by atoms with Crippen LogP contribution >= 0.6 is 11.8 Å². The molecule has 0 aliphatic heterocycles. The third kappa shape index (κ3) is 4.09. The zero-order valence-electron chi connectivity index (χ0n) is 11.8. The highest BCUT2D eigenvalue weighted by Crippen LogP contribution is 2.23. The quantitative estimate of drug-likeness (QED) is 0.828. The van der Waals surface area contributed by atoms with E-state index in [1.165, 1.54) is 5.56 Å². The molecule has 2 aromatic rings. The molecule has 1 amide bonds. The molecule has 0 radical (unpaired) electrons. The molecule has 0 aliphatic carbocycles. The van der Waals surface area contributed by atoms with E-state index >= 15 is 0 Å². The van der Waals surface area contributed by atoms with Gasteiger partial charge in [-0.2, -0.15) is 5.10 Å². The average Bonchev–Trinajstić information content (AvgIpc) is 2.84. The van der Waals surface area contributed by atoms with Crippen molar-refractivity contribution in [1.82, 2.24) is 20.5 Å². The molecule has 0 saturated carbocycles. The molecule has 20 heavy (non-hydrogen) atoms. The Morgan fingerprint density at radius 2 is 2.05 bits per heavy atom. The van der Waals surface area contributed by atoms with E-state index < -0.39 is 0 Å². The Labute approximate surface area is 122 Å². The topological polar surface area (TPSA) is 70.7 Å². The third-order valence-corrected chi connectivity index (χ3v) is 3.88. The molecular formula is C14H18N4OS. The predicted octanol–water partition coefficient (Wildman–Crippen LogP) is 2.22. The number of aryl methyl sites for hydroxylation is 2. The molecule has 0 aliphatic rings. The summed E-state index contributed by atoms with van der Waals surface area (Å²) in [4.78, 5) is 17.2. The fourth-order valence-corrected chi connectivity index (χ4v) is 2.54. The average molecular weight is 290 g/mol. The van der Waals surface area contributed by atoms with Crippen molar-refractivity contribution in [2.45, 2.75) is 37.5 Å². The van der Waals surface area contributed by atoms with E-state index in [9.17, 15) is 4.79 Å². The number of carbonyl (C=O) groups excluding carboxylic acids is 1. The van der Waals surface area contributed by atoms with E-state index in [4.69, 9.17) is 0 Å². The minimum Gasteiger partial charge on any atom is -0.348 e. The second kappa shape index (κ2) is 6.56. The van der Waals surface area contributed by atoms with Crippen LogP contribution in [-0.4, -0.2) is 26.3 Å². The normalized spacial score (nSPS) is 12.2. The number of hydrogen-bond donors (Lipinski definition) is 2. The SMILES string of the molecule is Cc1ccc(S[C@H](C)C(=O)NCc2n[nH]c(C)n2)cc1. The summed E-state index contributed by atoms with van der Waals surface area (Å²) in [6.45, 7) is 6.11. The standard InChI is InChI=1S/C14H18N4OS/c1-9-4-6-12(7-5-9)20-10(2)14(19)15-8-13-16-11(3)17-18-13/h4-7,10H,8H2,1-3H3,(H,15,19)(H,16,17,18)/t10-/m1/s1. The summed E-state index contributed by atoms with van der Waals surface area (Å²) < 4.78 is 0. The molecule has 0 unspecified atom stereocenters. The van der Waals surface area contributed by atoms with E-state index in [2.05, 4.69) is 20.5 Å². The maximum absolute atomic E-state index is 12.0. The van der Waals surface area contributed by atoms with E-state index in [1.807, 2.05) is 45.0 Å². The van der Waals surface area contributed by atoms with Crippen molar-refractivity contribution < 1.29 is 4.79 Å². The molecule has 5 nitrogen and oxygen atoms in total. The van der Waals surface area contributed by atoms with E-state index in [0.29, 0.717) is 12.4 Å². The van der Waals surface area contributed by atoms with Crippen molar-refractivity contribution in [2.75, 3.05) is 0 Å². The number of nitrogens with zero attached hydrogens (tertiary/aromatic N) is 2. The molecule has 6 heteroatoms. The summed E-state index contributed by atoms with van der Waals surface area (Å²) >= 11 is 1.54. The number of carbonyl (C=O) groups is 1. The van der Waals surface area contributed by atoms with Gasteiger partial charge in [-0.05, 0) is 32.9 Å². The molecule has 1 aromatic heterocycles. The number of rotatable bonds is 5. The van der Waals surface area contributed by atoms with Crippen molar-refractivity contribution >= 4 is 17.7 Å². The summed E-state index contributed by atoms with van der Waals surface area (Å²) in [6, 6.07) is 8.15. The highest BCUT2D eigenvalue weighted by atomic mass is 32.2. The molecule has 0 saturated heterocycles. The van der Waals surface area contributed by atoms with Gasteiger partial charge < -0.3 is 5.32 Å². The fraction of sp³-hybridized carbons (Fsp3) is 0.357. The minimum absolute atomic E-state index is 0.0157. The van der Waals surface area contributed by atoms with E-state index in [0.717, 1.165) is 10.7 Å². The monoisotopic (exact) mass is 290 g/mol. The number of H-pyrrole nitrogens is 1. The van der Waals surface area contributed by atoms with E-state index in [-0.39, 0.29) is 11.2 Å². The fourth-order valence-electron chi connectivity index (χ4n) is 1.65. The summed E-state index contributed by atoms with van der Waals surface area (Å²) in [5.74, 6) is 1.33. The largest absolute Gasteiger partial charge is 0.348 e. The molecule has 1 atom stereocenters. The summed E-state index contributed by atoms with van der Waals surface area (Å²) in [5, 5.41) is 9.42. The molecule has 2 rings (SSSR count). The van der Waals surface area contributed by atoms with Gasteiger partial charge in [0.15, 0.2) is 5.82 Å². The Balaban J connectivity index is 1.84. The zero-order chi connectivity index (χ0) is 14.5. The maximum Gasteiger partial charge on any atom is 0.233 e. The number of aromatic amines is 1. The Bertz CT molecular complexity index is 579. The van der Waals surface area contributed by atoms with Gasteiger partial charge in [-0.1, -0.05) is 17.7 Å². The van der Waals surface area contributed by atoms with Crippen LogP contribution in [0.15, 0.2) is 29.2 Å². The van der Waals surface area contributed by atoms with Crippen LogP contribution in [0.25, 0.3) is 0 Å². The summed E-state index contributed by atoms with van der Waals surface area (Å²) in [5.41, 5.74) is 1.21. The Morgan fingerprint density at radius 1 is 1.35 bits per heavy atom. The van der Waals surface area contributed by atoms with Crippen LogP contribution in [0, 0.1) is 13.8 Å². The van der Waals surface area contributed by atoms with Gasteiger partial charge in [0, 0.05) is 4.90 Å². The van der Waals surface area contributed by atoms with Gasteiger partial charge >= 0.3 is 0 Å². The minimum atomic E-state index is -0.155. The van der Waals surface area contributed by atoms with E-state index in [1.54, 1.807) is 11.8 Å². The molecule has 1 aromatic carbocycles. The second-order valence-electron chi connectivity index (χ2n) is 4.63. The van der Waals surface area contributed by atoms with Crippen LogP contribution in [0.1, 0.15) is 24.1 Å². The lowest BCUT2D eigenvalue weighted by molar-refractivity contribution is -0.120. The molecule has 2 N–H and O–H groups in total. The Kier molecular flexibility index (Phi) is 4.79. The first-order chi connectivity index (χ1) is 9.54. The Hall–Kier alpha value is -1.82. The molecular weight excluding hydrogens is 272 g/mol. The number of nitrogens with one attached hydrogen (secondary N) is 2. The van der Waals surface area contributed by atoms with Gasteiger partial charge in [0.05, 0.1) is 11.8 Å². The van der Waals surface area contributed by atoms with Gasteiger partial charge in [-0.25, -0.2) is 4.98 Å². The molecule has 0 fully saturated rings. The number of amides is 1. The van der Waals surface area contributed by atoms with Crippen LogP contribution in [-0.2, 0) is 11.3 Å². The predicted molar refractivity (Wildman–Crippen MR) is 79.5 cm³/mol. The first-order valence-electron chi connectivity index (χ1n) is 6.43. The summed E-state index contributed by atoms with van der Waals surface area (Å²) in [6.07, 6.45) is 0. The van der Waals surface area contributed by atoms with Crippen LogP contribution in [0.5, 0.6) is 0 Å². The highest BCUT2D eigenvalue weighted by Gasteiger charge is 2.14. The smallest absolute Gasteiger partial charge is 0.233 e. The first-order valence-corrected chi connectivity index (χ1v) is 7.31. The van der Waals surface area contributed by atoms with Crippen molar-refractivity contribution in [3.63, 3.8) is 0 Å². The third-order valence-electron chi connectivity index (χ3n) is 2.77. The van der Waals surface area contributed by atoms with Gasteiger partial charge in [0.25, 0.3) is 0 Å². The molecule has 0 spiro atoms. The number of thioether (sulfide) groups is 1. The van der Waals surface area contributed by atoms with Crippen LogP contribution in [0.2, 0.25) is 0 Å². The lowest BCUT2D eigenvalue weighted by Crippen LogP contribution is -2.30. The van der Waals surface area contributed by atoms with Crippen LogP contribution in [0.4, 0.5) is 0 Å². The van der Waals surface area contributed by atoms with Crippen LogP contribution < -0.4 is 5.32 Å². The highest BCUT2D eigenvalue weighted by molar-refractivity contribution is 8.00. The van der Waals surface area contributed by atoms with Crippen LogP contribution in [0.3, 0.4) is 0 Å². The van der Waals surface area contributed by atoms with Crippen molar-refractivity contribution in [2.24, 2.45) is 0 Å². The number of benzene rings is 1. The van der Waals surface area contributed by atoms with Gasteiger partial charge in [-0.3, -0.25) is 9.89 Å². The van der Waals surface area contributed by atoms with Gasteiger partial charge in [0.2, 0.25) is 5.91 Å². The lowest BCUT2D eigenvalue weighted by Gasteiger charge is -2.11. The lowest BCUT2D eigenvalue weighted by atomic mass is 10.2.